The maximum Gasteiger partial charge on any atom is 0.305 e. The van der Waals surface area contributed by atoms with E-state index in [-0.39, 0.29) is 0 Å². The van der Waals surface area contributed by atoms with Crippen LogP contribution in [-0.4, -0.2) is 17.6 Å². The van der Waals surface area contributed by atoms with Crippen LogP contribution in [0.3, 0.4) is 0 Å². The molecule has 1 heterocycles. The van der Waals surface area contributed by atoms with Crippen molar-refractivity contribution in [3.05, 3.63) is 26.0 Å². The first-order valence-corrected chi connectivity index (χ1v) is 7.23. The Balaban J connectivity index is 2.86. The fourth-order valence-corrected chi connectivity index (χ4v) is 4.13. The first kappa shape index (κ1) is 10.8. The van der Waals surface area contributed by atoms with E-state index in [4.69, 9.17) is 0 Å². The average molecular weight is 286 g/mol. The van der Waals surface area contributed by atoms with Crippen molar-refractivity contribution in [2.75, 3.05) is 12.5 Å². The Morgan fingerprint density at radius 2 is 2.23 bits per heavy atom. The molecular weight excluding hydrogens is 278 g/mol. The van der Waals surface area contributed by atoms with Crippen LogP contribution in [0.4, 0.5) is 0 Å². The maximum atomic E-state index is 10.2. The summed E-state index contributed by atoms with van der Waals surface area (Å²) in [6, 6.07) is 3.70. The zero-order valence-electron chi connectivity index (χ0n) is 7.02. The largest absolute Gasteiger partial charge is 0.305 e. The molecule has 7 heteroatoms. The monoisotopic (exact) mass is 285 g/mol. The van der Waals surface area contributed by atoms with Crippen molar-refractivity contribution in [1.29, 1.82) is 0 Å². The van der Waals surface area contributed by atoms with Gasteiger partial charge in [0.15, 0.2) is 0 Å². The van der Waals surface area contributed by atoms with Crippen LogP contribution in [0.5, 0.6) is 0 Å². The minimum atomic E-state index is -1.75. The van der Waals surface area contributed by atoms with E-state index in [1.165, 1.54) is 11.3 Å². The van der Waals surface area contributed by atoms with Crippen molar-refractivity contribution < 1.29 is 9.37 Å². The lowest BCUT2D eigenvalue weighted by molar-refractivity contribution is -0.709. The molecule has 0 saturated carbocycles. The highest BCUT2D eigenvalue weighted by Gasteiger charge is 2.21. The highest BCUT2D eigenvalue weighted by molar-refractivity contribution is 9.11. The summed E-state index contributed by atoms with van der Waals surface area (Å²) >= 11 is 4.76. The lowest BCUT2D eigenvalue weighted by Crippen LogP contribution is -2.05. The van der Waals surface area contributed by atoms with E-state index in [9.17, 15) is 10.1 Å². The van der Waals surface area contributed by atoms with Crippen molar-refractivity contribution in [3.8, 4) is 0 Å². The number of halogens is 1. The Labute approximate surface area is 89.7 Å². The van der Waals surface area contributed by atoms with Gasteiger partial charge in [0, 0.05) is 0 Å². The fraction of sp³-hybridized carbons (Fsp3) is 0.333. The molecule has 74 valence electrons. The molecule has 1 aromatic rings. The van der Waals surface area contributed by atoms with Gasteiger partial charge in [-0.25, -0.2) is 0 Å². The zero-order chi connectivity index (χ0) is 10.1. The Morgan fingerprint density at radius 3 is 2.62 bits per heavy atom. The molecular formula is C6H8BrNO3S2. The summed E-state index contributed by atoms with van der Waals surface area (Å²) in [5.41, 5.74) is 0. The summed E-state index contributed by atoms with van der Waals surface area (Å²) in [4.78, 5) is 10.2. The van der Waals surface area contributed by atoms with E-state index in [1.807, 2.05) is 12.1 Å². The van der Waals surface area contributed by atoms with Crippen LogP contribution in [-0.2, 0) is 4.28 Å². The molecule has 0 spiro atoms. The molecule has 1 rings (SSSR count). The van der Waals surface area contributed by atoms with Gasteiger partial charge in [0.25, 0.3) is 0 Å². The van der Waals surface area contributed by atoms with E-state index in [2.05, 4.69) is 20.2 Å². The van der Waals surface area contributed by atoms with E-state index in [0.29, 0.717) is 0 Å². The van der Waals surface area contributed by atoms with Gasteiger partial charge < -0.3 is 0 Å². The van der Waals surface area contributed by atoms with E-state index >= 15 is 0 Å². The first-order valence-electron chi connectivity index (χ1n) is 3.24. The molecule has 0 saturated heterocycles. The van der Waals surface area contributed by atoms with Gasteiger partial charge in [0.05, 0.1) is 8.00 Å². The second-order valence-corrected chi connectivity index (χ2v) is 8.37. The maximum absolute atomic E-state index is 10.2. The molecule has 0 unspecified atom stereocenters. The standard InChI is InChI=1S/C6H8BrNO3S2/c1-13(2,11-8(9)10)6-4-3-5(7)12-6/h3-4H,1-2H3. The van der Waals surface area contributed by atoms with Crippen molar-refractivity contribution in [1.82, 2.24) is 0 Å². The quantitative estimate of drug-likeness (QED) is 0.634. The number of hydrogen-bond acceptors (Lipinski definition) is 4. The molecule has 13 heavy (non-hydrogen) atoms. The minimum Gasteiger partial charge on any atom is -0.258 e. The number of hydrogen-bond donors (Lipinski definition) is 0. The lowest BCUT2D eigenvalue weighted by atomic mass is 10.7. The third kappa shape index (κ3) is 2.85. The van der Waals surface area contributed by atoms with Gasteiger partial charge in [-0.1, -0.05) is 10.3 Å². The van der Waals surface area contributed by atoms with Gasteiger partial charge >= 0.3 is 5.09 Å². The summed E-state index contributed by atoms with van der Waals surface area (Å²) in [7, 11) is -1.75. The molecule has 0 bridgehead atoms. The van der Waals surface area contributed by atoms with Crippen LogP contribution in [0.25, 0.3) is 0 Å². The van der Waals surface area contributed by atoms with Crippen LogP contribution in [0, 0.1) is 10.1 Å². The Hall–Kier alpha value is -0.270. The van der Waals surface area contributed by atoms with Crippen molar-refractivity contribution in [2.24, 2.45) is 0 Å². The predicted molar refractivity (Wildman–Crippen MR) is 57.8 cm³/mol. The van der Waals surface area contributed by atoms with Gasteiger partial charge in [-0.2, -0.15) is 0 Å². The molecule has 0 N–H and O–H groups in total. The molecule has 0 radical (unpaired) electrons. The van der Waals surface area contributed by atoms with E-state index in [1.54, 1.807) is 12.5 Å². The van der Waals surface area contributed by atoms with Crippen LogP contribution in [0.1, 0.15) is 0 Å². The number of thiophene rings is 1. The second-order valence-electron chi connectivity index (χ2n) is 2.59. The summed E-state index contributed by atoms with van der Waals surface area (Å²) in [6.07, 6.45) is 3.49. The highest BCUT2D eigenvalue weighted by Crippen LogP contribution is 2.53. The Morgan fingerprint density at radius 1 is 1.62 bits per heavy atom. The van der Waals surface area contributed by atoms with Crippen LogP contribution >= 0.6 is 37.6 Å². The summed E-state index contributed by atoms with van der Waals surface area (Å²) in [5.74, 6) is 0. The molecule has 0 aliphatic carbocycles. The fourth-order valence-electron chi connectivity index (χ4n) is 0.751. The van der Waals surface area contributed by atoms with Gasteiger partial charge in [-0.3, -0.25) is 4.28 Å². The molecule has 0 fully saturated rings. The van der Waals surface area contributed by atoms with Crippen LogP contribution in [0.2, 0.25) is 0 Å². The van der Waals surface area contributed by atoms with Crippen molar-refractivity contribution in [2.45, 2.75) is 4.21 Å². The first-order chi connectivity index (χ1) is 5.92. The Bertz CT molecular complexity index is 325. The second kappa shape index (κ2) is 3.85. The van der Waals surface area contributed by atoms with E-state index in [0.717, 1.165) is 8.00 Å². The predicted octanol–water partition coefficient (Wildman–Crippen LogP) is 3.06. The van der Waals surface area contributed by atoms with Crippen molar-refractivity contribution in [3.63, 3.8) is 0 Å². The third-order valence-corrected chi connectivity index (χ3v) is 5.75. The third-order valence-electron chi connectivity index (χ3n) is 1.28. The molecule has 0 aliphatic heterocycles. The van der Waals surface area contributed by atoms with E-state index < -0.39 is 15.4 Å². The normalized spacial score (nSPS) is 12.5. The number of rotatable bonds is 3. The molecule has 4 nitrogen and oxygen atoms in total. The van der Waals surface area contributed by atoms with Gasteiger partial charge in [-0.05, 0) is 40.6 Å². The smallest absolute Gasteiger partial charge is 0.258 e. The van der Waals surface area contributed by atoms with Gasteiger partial charge in [-0.15, -0.1) is 21.5 Å². The topological polar surface area (TPSA) is 52.4 Å². The summed E-state index contributed by atoms with van der Waals surface area (Å²) in [5, 5.41) is 9.46. The molecule has 0 amide bonds. The average Bonchev–Trinajstić information content (AvgIpc) is 2.32. The molecule has 0 aromatic carbocycles. The van der Waals surface area contributed by atoms with Gasteiger partial charge in [0.2, 0.25) is 0 Å². The van der Waals surface area contributed by atoms with Crippen molar-refractivity contribution >= 4 is 37.6 Å². The van der Waals surface area contributed by atoms with Gasteiger partial charge in [0.1, 0.15) is 0 Å². The molecule has 0 atom stereocenters. The molecule has 1 aromatic heterocycles. The lowest BCUT2D eigenvalue weighted by Gasteiger charge is -2.25. The SMILES string of the molecule is CS(C)(O[N+](=O)[O-])c1ccc(Br)s1. The Kier molecular flexibility index (Phi) is 3.20. The van der Waals surface area contributed by atoms with Crippen LogP contribution < -0.4 is 0 Å². The summed E-state index contributed by atoms with van der Waals surface area (Å²) in [6.45, 7) is 0. The molecule has 0 aliphatic rings. The highest BCUT2D eigenvalue weighted by atomic mass is 79.9. The summed E-state index contributed by atoms with van der Waals surface area (Å²) < 4.78 is 6.49. The van der Waals surface area contributed by atoms with Crippen LogP contribution in [0.15, 0.2) is 20.1 Å². The number of nitrogens with zero attached hydrogens (tertiary/aromatic N) is 1. The minimum absolute atomic E-state index is 0.733. The zero-order valence-corrected chi connectivity index (χ0v) is 10.2.